The minimum absolute atomic E-state index is 0.00574. The Hall–Kier alpha value is -2.58. The molecule has 1 aromatic heterocycles. The summed E-state index contributed by atoms with van der Waals surface area (Å²) in [5.74, 6) is -0.638. The van der Waals surface area contributed by atoms with Crippen molar-refractivity contribution >= 4 is 11.7 Å². The van der Waals surface area contributed by atoms with Gasteiger partial charge in [-0.25, -0.2) is 15.0 Å². The van der Waals surface area contributed by atoms with Gasteiger partial charge in [-0.3, -0.25) is 14.8 Å². The van der Waals surface area contributed by atoms with Gasteiger partial charge >= 0.3 is 11.7 Å². The monoisotopic (exact) mass is 227 g/mol. The zero-order chi connectivity index (χ0) is 12.3. The van der Waals surface area contributed by atoms with E-state index in [1.165, 1.54) is 6.92 Å². The van der Waals surface area contributed by atoms with Crippen molar-refractivity contribution in [3.63, 3.8) is 0 Å². The maximum Gasteiger partial charge on any atom is 0.332 e. The van der Waals surface area contributed by atoms with Gasteiger partial charge in [0.25, 0.3) is 5.56 Å². The smallest absolute Gasteiger partial charge is 0.332 e. The normalized spacial score (nSPS) is 11.2. The molecule has 0 aromatic carbocycles. The van der Waals surface area contributed by atoms with Crippen LogP contribution >= 0.6 is 0 Å². The van der Waals surface area contributed by atoms with Crippen LogP contribution in [0.5, 0.6) is 5.88 Å². The molecule has 9 heteroatoms. The maximum absolute atomic E-state index is 11.3. The largest absolute Gasteiger partial charge is 0.494 e. The number of nitrogens with two attached hydrogens (primary N) is 1. The number of carbonyl (C=O) groups is 1. The average molecular weight is 227 g/mol. The number of primary amides is 1. The molecule has 0 aliphatic carbocycles. The summed E-state index contributed by atoms with van der Waals surface area (Å²) in [6.45, 7) is 1.35. The summed E-state index contributed by atoms with van der Waals surface area (Å²) in [4.78, 5) is 36.3. The number of hydrogen-bond acceptors (Lipinski definition) is 5. The Bertz CT molecular complexity index is 555. The average Bonchev–Trinajstić information content (AvgIpc) is 2.12. The first-order valence-electron chi connectivity index (χ1n) is 4.07. The molecule has 0 saturated heterocycles. The van der Waals surface area contributed by atoms with Crippen molar-refractivity contribution < 1.29 is 9.90 Å². The molecule has 0 aliphatic rings. The molecular formula is C7H9N5O4. The number of amides is 2. The van der Waals surface area contributed by atoms with Gasteiger partial charge in [0, 0.05) is 0 Å². The van der Waals surface area contributed by atoms with Gasteiger partial charge in [-0.2, -0.15) is 5.10 Å². The number of aromatic hydroxyl groups is 1. The predicted octanol–water partition coefficient (Wildman–Crippen LogP) is -1.84. The Labute approximate surface area is 88.0 Å². The molecule has 9 nitrogen and oxygen atoms in total. The Kier molecular flexibility index (Phi) is 3.09. The van der Waals surface area contributed by atoms with E-state index in [2.05, 4.69) is 5.10 Å². The van der Waals surface area contributed by atoms with E-state index >= 15 is 0 Å². The lowest BCUT2D eigenvalue weighted by Crippen LogP contribution is -2.29. The summed E-state index contributed by atoms with van der Waals surface area (Å²) in [5.41, 5.74) is 4.71. The highest BCUT2D eigenvalue weighted by Gasteiger charge is 2.11. The van der Waals surface area contributed by atoms with Crippen LogP contribution in [0.15, 0.2) is 14.7 Å². The van der Waals surface area contributed by atoms with Crippen LogP contribution in [0.25, 0.3) is 0 Å². The number of urea groups is 1. The van der Waals surface area contributed by atoms with Gasteiger partial charge < -0.3 is 10.8 Å². The first-order chi connectivity index (χ1) is 7.41. The molecule has 0 atom stereocenters. The van der Waals surface area contributed by atoms with E-state index in [1.54, 1.807) is 0 Å². The number of aromatic nitrogens is 2. The number of hydrazone groups is 1. The van der Waals surface area contributed by atoms with Crippen LogP contribution in [0.4, 0.5) is 4.79 Å². The minimum atomic E-state index is -0.917. The van der Waals surface area contributed by atoms with Crippen molar-refractivity contribution in [1.82, 2.24) is 15.4 Å². The highest BCUT2D eigenvalue weighted by Crippen LogP contribution is 2.05. The molecule has 0 unspecified atom stereocenters. The summed E-state index contributed by atoms with van der Waals surface area (Å²) in [7, 11) is 0. The summed E-state index contributed by atoms with van der Waals surface area (Å²) in [6.07, 6.45) is 0. The van der Waals surface area contributed by atoms with E-state index < -0.39 is 23.2 Å². The predicted molar refractivity (Wildman–Crippen MR) is 54.3 cm³/mol. The van der Waals surface area contributed by atoms with Crippen LogP contribution in [0.2, 0.25) is 0 Å². The number of H-pyrrole nitrogens is 2. The van der Waals surface area contributed by atoms with Crippen LogP contribution in [0.3, 0.4) is 0 Å². The molecule has 2 amide bonds. The molecule has 0 spiro atoms. The molecule has 0 radical (unpaired) electrons. The third-order valence-corrected chi connectivity index (χ3v) is 1.62. The molecular weight excluding hydrogens is 218 g/mol. The quantitative estimate of drug-likeness (QED) is 0.297. The fraction of sp³-hybridized carbons (Fsp3) is 0.143. The van der Waals surface area contributed by atoms with Gasteiger partial charge in [-0.1, -0.05) is 0 Å². The van der Waals surface area contributed by atoms with Crippen LogP contribution in [-0.4, -0.2) is 26.8 Å². The van der Waals surface area contributed by atoms with Crippen molar-refractivity contribution in [2.75, 3.05) is 0 Å². The second-order valence-electron chi connectivity index (χ2n) is 2.81. The van der Waals surface area contributed by atoms with Crippen molar-refractivity contribution in [2.24, 2.45) is 10.8 Å². The number of rotatable bonds is 2. The minimum Gasteiger partial charge on any atom is -0.494 e. The van der Waals surface area contributed by atoms with Crippen LogP contribution in [0, 0.1) is 0 Å². The van der Waals surface area contributed by atoms with E-state index in [9.17, 15) is 19.5 Å². The van der Waals surface area contributed by atoms with Crippen molar-refractivity contribution in [3.8, 4) is 5.88 Å². The van der Waals surface area contributed by atoms with Crippen molar-refractivity contribution in [1.29, 1.82) is 0 Å². The molecule has 6 N–H and O–H groups in total. The molecule has 0 bridgehead atoms. The van der Waals surface area contributed by atoms with E-state index in [-0.39, 0.29) is 11.3 Å². The lowest BCUT2D eigenvalue weighted by molar-refractivity contribution is 0.249. The van der Waals surface area contributed by atoms with E-state index in [4.69, 9.17) is 5.73 Å². The van der Waals surface area contributed by atoms with Gasteiger partial charge in [0.1, 0.15) is 5.56 Å². The standard InChI is InChI=1S/C7H9N5O4/c1-2(11-12-6(8)15)3-4(13)9-7(16)10-5(3)14/h1H3,(H3,8,12,15)(H3,9,10,13,14,16)/b11-2+. The first-order valence-corrected chi connectivity index (χ1v) is 4.07. The van der Waals surface area contributed by atoms with Crippen molar-refractivity contribution in [3.05, 3.63) is 26.4 Å². The van der Waals surface area contributed by atoms with Crippen LogP contribution < -0.4 is 22.4 Å². The van der Waals surface area contributed by atoms with Crippen LogP contribution in [0.1, 0.15) is 12.5 Å². The third-order valence-electron chi connectivity index (χ3n) is 1.62. The number of nitrogens with zero attached hydrogens (tertiary/aromatic N) is 1. The summed E-state index contributed by atoms with van der Waals surface area (Å²) >= 11 is 0. The Morgan fingerprint density at radius 3 is 2.56 bits per heavy atom. The van der Waals surface area contributed by atoms with Gasteiger partial charge in [0.05, 0.1) is 5.71 Å². The second-order valence-corrected chi connectivity index (χ2v) is 2.81. The second kappa shape index (κ2) is 4.29. The molecule has 86 valence electrons. The molecule has 1 rings (SSSR count). The fourth-order valence-corrected chi connectivity index (χ4v) is 1.00. The molecule has 0 saturated carbocycles. The molecule has 0 fully saturated rings. The van der Waals surface area contributed by atoms with E-state index in [0.29, 0.717) is 0 Å². The van der Waals surface area contributed by atoms with E-state index in [0.717, 1.165) is 0 Å². The highest BCUT2D eigenvalue weighted by atomic mass is 16.3. The SMILES string of the molecule is C/C(=N\NC(N)=O)c1c(O)[nH]c(=O)[nH]c1=O. The zero-order valence-corrected chi connectivity index (χ0v) is 8.20. The first kappa shape index (κ1) is 11.5. The van der Waals surface area contributed by atoms with Gasteiger partial charge in [0.15, 0.2) is 0 Å². The number of nitrogens with one attached hydrogen (secondary N) is 3. The lowest BCUT2D eigenvalue weighted by Gasteiger charge is -2.01. The highest BCUT2D eigenvalue weighted by molar-refractivity contribution is 6.00. The molecule has 16 heavy (non-hydrogen) atoms. The Morgan fingerprint density at radius 2 is 2.06 bits per heavy atom. The number of carbonyl (C=O) groups excluding carboxylic acids is 1. The summed E-state index contributed by atoms with van der Waals surface area (Å²) < 4.78 is 0. The molecule has 1 heterocycles. The lowest BCUT2D eigenvalue weighted by atomic mass is 10.2. The fourth-order valence-electron chi connectivity index (χ4n) is 1.00. The Morgan fingerprint density at radius 1 is 1.44 bits per heavy atom. The number of aromatic amines is 2. The van der Waals surface area contributed by atoms with Gasteiger partial charge in [-0.05, 0) is 6.92 Å². The van der Waals surface area contributed by atoms with Gasteiger partial charge in [-0.15, -0.1) is 0 Å². The molecule has 1 aromatic rings. The van der Waals surface area contributed by atoms with Crippen LogP contribution in [-0.2, 0) is 0 Å². The zero-order valence-electron chi connectivity index (χ0n) is 8.20. The Balaban J connectivity index is 3.24. The summed E-state index contributed by atoms with van der Waals surface area (Å²) in [5, 5.41) is 12.7. The number of hydrogen-bond donors (Lipinski definition) is 5. The topological polar surface area (TPSA) is 153 Å². The summed E-state index contributed by atoms with van der Waals surface area (Å²) in [6, 6.07) is -0.917. The van der Waals surface area contributed by atoms with E-state index in [1.807, 2.05) is 15.4 Å². The maximum atomic E-state index is 11.3. The third kappa shape index (κ3) is 2.47. The molecule has 0 aliphatic heterocycles. The van der Waals surface area contributed by atoms with Crippen molar-refractivity contribution in [2.45, 2.75) is 6.92 Å². The van der Waals surface area contributed by atoms with Gasteiger partial charge in [0.2, 0.25) is 5.88 Å².